The molecule has 0 bridgehead atoms. The van der Waals surface area contributed by atoms with E-state index < -0.39 is 0 Å². The summed E-state index contributed by atoms with van der Waals surface area (Å²) in [6.45, 7) is 8.37. The minimum Gasteiger partial charge on any atom is -0.396 e. The van der Waals surface area contributed by atoms with E-state index in [2.05, 4.69) is 0 Å². The van der Waals surface area contributed by atoms with Crippen molar-refractivity contribution in [1.29, 1.82) is 0 Å². The van der Waals surface area contributed by atoms with Crippen molar-refractivity contribution < 1.29 is 10.2 Å². The van der Waals surface area contributed by atoms with Crippen LogP contribution in [0.5, 0.6) is 0 Å². The van der Waals surface area contributed by atoms with Crippen molar-refractivity contribution in [1.82, 2.24) is 0 Å². The lowest BCUT2D eigenvalue weighted by molar-refractivity contribution is 0.0651. The molecule has 0 aliphatic rings. The molecule has 0 atom stereocenters. The van der Waals surface area contributed by atoms with E-state index in [0.29, 0.717) is 0 Å². The summed E-state index contributed by atoms with van der Waals surface area (Å²) in [6, 6.07) is 0. The summed E-state index contributed by atoms with van der Waals surface area (Å²) in [5, 5.41) is 17.9. The third-order valence-electron chi connectivity index (χ3n) is 1.81. The van der Waals surface area contributed by atoms with E-state index in [1.807, 2.05) is 27.7 Å². The third kappa shape index (κ3) is 4.38. The maximum Gasteiger partial charge on any atom is 0.0482 e. The maximum absolute atomic E-state index is 8.97. The first-order chi connectivity index (χ1) is 4.83. The molecule has 2 nitrogen and oxygen atoms in total. The first kappa shape index (κ1) is 10.9. The van der Waals surface area contributed by atoms with Gasteiger partial charge in [-0.3, -0.25) is 0 Å². The quantitative estimate of drug-likeness (QED) is 0.653. The van der Waals surface area contributed by atoms with Crippen molar-refractivity contribution in [2.45, 2.75) is 34.1 Å². The van der Waals surface area contributed by atoms with E-state index >= 15 is 0 Å². The van der Waals surface area contributed by atoms with Crippen LogP contribution >= 0.6 is 0 Å². The summed E-state index contributed by atoms with van der Waals surface area (Å²) in [4.78, 5) is 0. The largest absolute Gasteiger partial charge is 0.396 e. The van der Waals surface area contributed by atoms with Gasteiger partial charge in [0.15, 0.2) is 0 Å². The molecule has 0 aliphatic heterocycles. The summed E-state index contributed by atoms with van der Waals surface area (Å²) >= 11 is 0. The minimum absolute atomic E-state index is 0.0772. The first-order valence-electron chi connectivity index (χ1n) is 4.05. The Kier molecular flexibility index (Phi) is 3.52. The topological polar surface area (TPSA) is 40.5 Å². The number of hydrogen-bond acceptors (Lipinski definition) is 2. The molecule has 11 heavy (non-hydrogen) atoms. The Morgan fingerprint density at radius 3 is 1.27 bits per heavy atom. The molecule has 2 N–H and O–H groups in total. The van der Waals surface area contributed by atoms with Gasteiger partial charge in [0.2, 0.25) is 0 Å². The van der Waals surface area contributed by atoms with Crippen LogP contribution in [0.2, 0.25) is 0 Å². The van der Waals surface area contributed by atoms with Crippen LogP contribution in [0.3, 0.4) is 0 Å². The van der Waals surface area contributed by atoms with Crippen LogP contribution in [-0.2, 0) is 0 Å². The van der Waals surface area contributed by atoms with Crippen LogP contribution < -0.4 is 0 Å². The van der Waals surface area contributed by atoms with E-state index in [1.165, 1.54) is 0 Å². The fraction of sp³-hybridized carbons (Fsp3) is 1.00. The molecule has 0 aliphatic carbocycles. The molecule has 0 spiro atoms. The van der Waals surface area contributed by atoms with Gasteiger partial charge < -0.3 is 10.2 Å². The molecule has 0 saturated carbocycles. The SMILES string of the molecule is CC(C)(CO)CC(C)(C)CO. The van der Waals surface area contributed by atoms with E-state index in [0.717, 1.165) is 6.42 Å². The first-order valence-corrected chi connectivity index (χ1v) is 4.05. The van der Waals surface area contributed by atoms with Gasteiger partial charge in [-0.1, -0.05) is 27.7 Å². The standard InChI is InChI=1S/C9H20O2/c1-8(2,6-10)5-9(3,4)7-11/h10-11H,5-7H2,1-4H3. The second-order valence-electron chi connectivity index (χ2n) is 4.82. The highest BCUT2D eigenvalue weighted by atomic mass is 16.3. The van der Waals surface area contributed by atoms with Crippen molar-refractivity contribution in [3.8, 4) is 0 Å². The smallest absolute Gasteiger partial charge is 0.0482 e. The van der Waals surface area contributed by atoms with Gasteiger partial charge in [0.05, 0.1) is 0 Å². The molecular formula is C9H20O2. The second-order valence-corrected chi connectivity index (χ2v) is 4.82. The zero-order valence-electron chi connectivity index (χ0n) is 8.02. The minimum atomic E-state index is -0.0772. The molecule has 68 valence electrons. The summed E-state index contributed by atoms with van der Waals surface area (Å²) in [5.41, 5.74) is -0.154. The molecule has 0 fully saturated rings. The van der Waals surface area contributed by atoms with Gasteiger partial charge >= 0.3 is 0 Å². The molecular weight excluding hydrogens is 140 g/mol. The highest BCUT2D eigenvalue weighted by Crippen LogP contribution is 2.32. The van der Waals surface area contributed by atoms with Crippen LogP contribution in [0.1, 0.15) is 34.1 Å². The Morgan fingerprint density at radius 1 is 0.818 bits per heavy atom. The van der Waals surface area contributed by atoms with Gasteiger partial charge in [0.1, 0.15) is 0 Å². The highest BCUT2D eigenvalue weighted by molar-refractivity contribution is 4.77. The lowest BCUT2D eigenvalue weighted by atomic mass is 9.76. The number of hydrogen-bond donors (Lipinski definition) is 2. The zero-order valence-corrected chi connectivity index (χ0v) is 8.02. The molecule has 0 unspecified atom stereocenters. The Hall–Kier alpha value is -0.0800. The van der Waals surface area contributed by atoms with Gasteiger partial charge in [-0.25, -0.2) is 0 Å². The van der Waals surface area contributed by atoms with Crippen molar-refractivity contribution in [3.63, 3.8) is 0 Å². The molecule has 0 saturated heterocycles. The Bertz CT molecular complexity index is 103. The molecule has 2 heteroatoms. The van der Waals surface area contributed by atoms with Gasteiger partial charge in [-0.15, -0.1) is 0 Å². The fourth-order valence-corrected chi connectivity index (χ4v) is 1.41. The predicted molar refractivity (Wildman–Crippen MR) is 46.4 cm³/mol. The van der Waals surface area contributed by atoms with Crippen LogP contribution in [-0.4, -0.2) is 23.4 Å². The molecule has 0 aromatic carbocycles. The van der Waals surface area contributed by atoms with E-state index in [4.69, 9.17) is 10.2 Å². The van der Waals surface area contributed by atoms with Crippen LogP contribution in [0, 0.1) is 10.8 Å². The average Bonchev–Trinajstić information content (AvgIpc) is 1.86. The van der Waals surface area contributed by atoms with Crippen LogP contribution in [0.15, 0.2) is 0 Å². The van der Waals surface area contributed by atoms with Gasteiger partial charge in [-0.2, -0.15) is 0 Å². The second kappa shape index (κ2) is 3.55. The summed E-state index contributed by atoms with van der Waals surface area (Å²) in [7, 11) is 0. The normalized spacial score (nSPS) is 13.6. The van der Waals surface area contributed by atoms with E-state index in [1.54, 1.807) is 0 Å². The molecule has 0 amide bonds. The van der Waals surface area contributed by atoms with Crippen molar-refractivity contribution in [2.75, 3.05) is 13.2 Å². The highest BCUT2D eigenvalue weighted by Gasteiger charge is 2.27. The van der Waals surface area contributed by atoms with Crippen molar-refractivity contribution in [2.24, 2.45) is 10.8 Å². The Morgan fingerprint density at radius 2 is 1.09 bits per heavy atom. The molecule has 0 radical (unpaired) electrons. The monoisotopic (exact) mass is 160 g/mol. The molecule has 0 heterocycles. The Labute approximate surface area is 69.2 Å². The zero-order chi connectivity index (χ0) is 9.12. The lowest BCUT2D eigenvalue weighted by Crippen LogP contribution is -2.28. The summed E-state index contributed by atoms with van der Waals surface area (Å²) in [5.74, 6) is 0. The lowest BCUT2D eigenvalue weighted by Gasteiger charge is -2.32. The third-order valence-corrected chi connectivity index (χ3v) is 1.81. The summed E-state index contributed by atoms with van der Waals surface area (Å²) < 4.78 is 0. The molecule has 0 aromatic rings. The fourth-order valence-electron chi connectivity index (χ4n) is 1.41. The maximum atomic E-state index is 8.97. The van der Waals surface area contributed by atoms with Crippen LogP contribution in [0.4, 0.5) is 0 Å². The Balaban J connectivity index is 4.02. The summed E-state index contributed by atoms with van der Waals surface area (Å²) in [6.07, 6.45) is 0.840. The van der Waals surface area contributed by atoms with Crippen LogP contribution in [0.25, 0.3) is 0 Å². The number of aliphatic hydroxyl groups excluding tert-OH is 2. The van der Waals surface area contributed by atoms with E-state index in [-0.39, 0.29) is 24.0 Å². The molecule has 0 rings (SSSR count). The van der Waals surface area contributed by atoms with Gasteiger partial charge in [0, 0.05) is 13.2 Å². The predicted octanol–water partition coefficient (Wildman–Crippen LogP) is 1.41. The van der Waals surface area contributed by atoms with Crippen molar-refractivity contribution in [3.05, 3.63) is 0 Å². The number of rotatable bonds is 4. The van der Waals surface area contributed by atoms with E-state index in [9.17, 15) is 0 Å². The average molecular weight is 160 g/mol. The van der Waals surface area contributed by atoms with Crippen molar-refractivity contribution >= 4 is 0 Å². The van der Waals surface area contributed by atoms with Gasteiger partial charge in [-0.05, 0) is 17.3 Å². The number of aliphatic hydroxyl groups is 2. The molecule has 0 aromatic heterocycles. The van der Waals surface area contributed by atoms with Gasteiger partial charge in [0.25, 0.3) is 0 Å².